The van der Waals surface area contributed by atoms with Gasteiger partial charge in [-0.15, -0.1) is 0 Å². The molecule has 1 rings (SSSR count). The lowest BCUT2D eigenvalue weighted by atomic mass is 9.87. The van der Waals surface area contributed by atoms with Crippen LogP contribution in [0.4, 0.5) is 0 Å². The van der Waals surface area contributed by atoms with Gasteiger partial charge in [-0.1, -0.05) is 56.3 Å². The van der Waals surface area contributed by atoms with Gasteiger partial charge in [-0.25, -0.2) is 0 Å². The van der Waals surface area contributed by atoms with Gasteiger partial charge in [-0.2, -0.15) is 0 Å². The second-order valence-electron chi connectivity index (χ2n) is 5.02. The lowest BCUT2D eigenvalue weighted by Gasteiger charge is -2.28. The molecule has 0 aromatic heterocycles. The molecule has 3 heteroatoms. The fourth-order valence-electron chi connectivity index (χ4n) is 1.54. The van der Waals surface area contributed by atoms with Crippen LogP contribution < -0.4 is 0 Å². The van der Waals surface area contributed by atoms with Crippen molar-refractivity contribution in [2.75, 3.05) is 13.2 Å². The summed E-state index contributed by atoms with van der Waals surface area (Å²) in [7, 11) is 0. The molecule has 0 heterocycles. The number of aliphatic hydroxyl groups is 2. The fraction of sp³-hybridized carbons (Fsp3) is 0.467. The maximum Gasteiger partial charge on any atom is 0.0794 e. The van der Waals surface area contributed by atoms with Gasteiger partial charge in [0, 0.05) is 5.41 Å². The van der Waals surface area contributed by atoms with Crippen molar-refractivity contribution in [1.82, 2.24) is 0 Å². The highest BCUT2D eigenvalue weighted by Crippen LogP contribution is 2.22. The first-order valence-corrected chi connectivity index (χ1v) is 6.13. The molecular formula is C15H22O3. The highest BCUT2D eigenvalue weighted by atomic mass is 16.5. The Morgan fingerprint density at radius 1 is 1.28 bits per heavy atom. The summed E-state index contributed by atoms with van der Waals surface area (Å²) in [4.78, 5) is 0. The molecule has 0 aliphatic rings. The van der Waals surface area contributed by atoms with E-state index in [4.69, 9.17) is 9.84 Å². The molecule has 18 heavy (non-hydrogen) atoms. The van der Waals surface area contributed by atoms with Gasteiger partial charge in [0.05, 0.1) is 25.9 Å². The van der Waals surface area contributed by atoms with E-state index in [1.807, 2.05) is 44.2 Å². The van der Waals surface area contributed by atoms with Gasteiger partial charge in [-0.05, 0) is 5.56 Å². The highest BCUT2D eigenvalue weighted by molar-refractivity contribution is 5.13. The van der Waals surface area contributed by atoms with Crippen molar-refractivity contribution in [3.63, 3.8) is 0 Å². The summed E-state index contributed by atoms with van der Waals surface area (Å²) < 4.78 is 5.63. The molecule has 2 N–H and O–H groups in total. The monoisotopic (exact) mass is 250 g/mol. The second-order valence-corrected chi connectivity index (χ2v) is 5.02. The summed E-state index contributed by atoms with van der Waals surface area (Å²) in [6.07, 6.45) is 2.52. The van der Waals surface area contributed by atoms with E-state index >= 15 is 0 Å². The van der Waals surface area contributed by atoms with Crippen LogP contribution in [0.1, 0.15) is 19.4 Å². The third-order valence-corrected chi connectivity index (χ3v) is 2.81. The van der Waals surface area contributed by atoms with E-state index in [0.717, 1.165) is 5.56 Å². The molecule has 0 saturated carbocycles. The second kappa shape index (κ2) is 7.31. The number of benzene rings is 1. The normalized spacial score (nSPS) is 14.0. The topological polar surface area (TPSA) is 49.7 Å². The van der Waals surface area contributed by atoms with Crippen LogP contribution in [0.3, 0.4) is 0 Å². The van der Waals surface area contributed by atoms with E-state index in [1.165, 1.54) is 0 Å². The third-order valence-electron chi connectivity index (χ3n) is 2.81. The Morgan fingerprint density at radius 3 is 2.56 bits per heavy atom. The first-order valence-electron chi connectivity index (χ1n) is 6.13. The smallest absolute Gasteiger partial charge is 0.0794 e. The minimum absolute atomic E-state index is 0.0575. The molecule has 0 aliphatic carbocycles. The molecule has 0 radical (unpaired) electrons. The Hall–Kier alpha value is -1.16. The zero-order valence-corrected chi connectivity index (χ0v) is 11.0. The average molecular weight is 250 g/mol. The highest BCUT2D eigenvalue weighted by Gasteiger charge is 2.26. The van der Waals surface area contributed by atoms with Gasteiger partial charge in [0.25, 0.3) is 0 Å². The summed E-state index contributed by atoms with van der Waals surface area (Å²) >= 11 is 0. The molecule has 0 aliphatic heterocycles. The minimum Gasteiger partial charge on any atom is -0.392 e. The number of aliphatic hydroxyl groups excluding tert-OH is 2. The molecule has 3 nitrogen and oxygen atoms in total. The van der Waals surface area contributed by atoms with Crippen LogP contribution in [0.25, 0.3) is 0 Å². The fourth-order valence-corrected chi connectivity index (χ4v) is 1.54. The van der Waals surface area contributed by atoms with E-state index in [2.05, 4.69) is 0 Å². The van der Waals surface area contributed by atoms with Crippen LogP contribution in [-0.2, 0) is 11.3 Å². The summed E-state index contributed by atoms with van der Waals surface area (Å²) in [6, 6.07) is 9.94. The third kappa shape index (κ3) is 5.00. The molecule has 0 spiro atoms. The minimum atomic E-state index is -0.625. The maximum atomic E-state index is 9.93. The Bertz CT molecular complexity index is 357. The Kier molecular flexibility index (Phi) is 6.05. The van der Waals surface area contributed by atoms with E-state index in [-0.39, 0.29) is 12.0 Å². The van der Waals surface area contributed by atoms with Crippen molar-refractivity contribution in [2.45, 2.75) is 26.6 Å². The Morgan fingerprint density at radius 2 is 1.94 bits per heavy atom. The molecular weight excluding hydrogens is 228 g/mol. The van der Waals surface area contributed by atoms with Gasteiger partial charge >= 0.3 is 0 Å². The van der Waals surface area contributed by atoms with Crippen molar-refractivity contribution in [1.29, 1.82) is 0 Å². The average Bonchev–Trinajstić information content (AvgIpc) is 2.37. The quantitative estimate of drug-likeness (QED) is 0.729. The van der Waals surface area contributed by atoms with E-state index in [0.29, 0.717) is 13.2 Å². The van der Waals surface area contributed by atoms with Crippen molar-refractivity contribution >= 4 is 0 Å². The summed E-state index contributed by atoms with van der Waals surface area (Å²) in [5.41, 5.74) is 0.745. The van der Waals surface area contributed by atoms with Crippen LogP contribution in [0.5, 0.6) is 0 Å². The molecule has 1 aromatic rings. The van der Waals surface area contributed by atoms with E-state index in [9.17, 15) is 5.11 Å². The molecule has 100 valence electrons. The molecule has 0 saturated heterocycles. The molecule has 0 unspecified atom stereocenters. The lowest BCUT2D eigenvalue weighted by Crippen LogP contribution is -2.32. The largest absolute Gasteiger partial charge is 0.392 e. The number of hydrogen-bond donors (Lipinski definition) is 2. The molecule has 0 bridgehead atoms. The number of rotatable bonds is 7. The SMILES string of the molecule is CC(C)(COCc1ccccc1)[C@@H](O)/C=C/CO. The van der Waals surface area contributed by atoms with Crippen molar-refractivity contribution < 1.29 is 14.9 Å². The summed E-state index contributed by atoms with van der Waals surface area (Å²) in [6.45, 7) is 4.81. The lowest BCUT2D eigenvalue weighted by molar-refractivity contribution is -0.00883. The molecule has 1 atom stereocenters. The maximum absolute atomic E-state index is 9.93. The van der Waals surface area contributed by atoms with Crippen LogP contribution in [0, 0.1) is 5.41 Å². The molecule has 0 amide bonds. The van der Waals surface area contributed by atoms with Gasteiger partial charge in [0.15, 0.2) is 0 Å². The standard InChI is InChI=1S/C15H22O3/c1-15(2,14(17)9-6-10-16)12-18-11-13-7-4-3-5-8-13/h3-9,14,16-17H,10-12H2,1-2H3/b9-6+/t14-/m0/s1. The molecule has 1 aromatic carbocycles. The van der Waals surface area contributed by atoms with E-state index in [1.54, 1.807) is 12.2 Å². The summed E-state index contributed by atoms with van der Waals surface area (Å²) in [5, 5.41) is 18.6. The predicted octanol–water partition coefficient (Wildman–Crippen LogP) is 2.14. The predicted molar refractivity (Wildman–Crippen MR) is 72.1 cm³/mol. The Balaban J connectivity index is 2.39. The van der Waals surface area contributed by atoms with Gasteiger partial charge in [0.1, 0.15) is 0 Å². The van der Waals surface area contributed by atoms with E-state index < -0.39 is 6.10 Å². The van der Waals surface area contributed by atoms with Gasteiger partial charge in [0.2, 0.25) is 0 Å². The first kappa shape index (κ1) is 14.9. The van der Waals surface area contributed by atoms with Crippen molar-refractivity contribution in [3.05, 3.63) is 48.0 Å². The van der Waals surface area contributed by atoms with Crippen molar-refractivity contribution in [3.8, 4) is 0 Å². The van der Waals surface area contributed by atoms with Crippen molar-refractivity contribution in [2.24, 2.45) is 5.41 Å². The van der Waals surface area contributed by atoms with Crippen LogP contribution >= 0.6 is 0 Å². The number of ether oxygens (including phenoxy) is 1. The van der Waals surface area contributed by atoms with Gasteiger partial charge < -0.3 is 14.9 Å². The number of hydrogen-bond acceptors (Lipinski definition) is 3. The summed E-state index contributed by atoms with van der Waals surface area (Å²) in [5.74, 6) is 0. The Labute approximate surface area is 109 Å². The molecule has 0 fully saturated rings. The van der Waals surface area contributed by atoms with Crippen LogP contribution in [-0.4, -0.2) is 29.5 Å². The van der Waals surface area contributed by atoms with Gasteiger partial charge in [-0.3, -0.25) is 0 Å². The van der Waals surface area contributed by atoms with Crippen LogP contribution in [0.15, 0.2) is 42.5 Å². The first-order chi connectivity index (χ1) is 8.56. The zero-order chi connectivity index (χ0) is 13.4. The zero-order valence-electron chi connectivity index (χ0n) is 11.0. The van der Waals surface area contributed by atoms with Crippen LogP contribution in [0.2, 0.25) is 0 Å².